The molecule has 5 nitrogen and oxygen atoms in total. The van der Waals surface area contributed by atoms with E-state index in [1.807, 2.05) is 38.1 Å². The van der Waals surface area contributed by atoms with Crippen molar-refractivity contribution in [2.75, 3.05) is 6.61 Å². The number of rotatable bonds is 5. The number of carbonyl (C=O) groups excluding carboxylic acids is 1. The van der Waals surface area contributed by atoms with Gasteiger partial charge in [0.15, 0.2) is 6.61 Å². The van der Waals surface area contributed by atoms with Gasteiger partial charge in [0.1, 0.15) is 11.6 Å². The quantitative estimate of drug-likeness (QED) is 0.862. The van der Waals surface area contributed by atoms with Crippen molar-refractivity contribution in [2.24, 2.45) is 0 Å². The molecule has 5 heteroatoms. The number of ether oxygens (including phenoxy) is 1. The van der Waals surface area contributed by atoms with Crippen molar-refractivity contribution in [2.45, 2.75) is 19.9 Å². The molecule has 0 saturated heterocycles. The number of aromatic amines is 1. The Bertz CT molecular complexity index is 520. The number of nitrogens with zero attached hydrogens (tertiary/aromatic N) is 1. The van der Waals surface area contributed by atoms with Crippen molar-refractivity contribution < 1.29 is 9.53 Å². The van der Waals surface area contributed by atoms with Crippen LogP contribution in [0, 0.1) is 6.92 Å². The monoisotopic (exact) mass is 259 g/mol. The molecule has 0 aliphatic carbocycles. The summed E-state index contributed by atoms with van der Waals surface area (Å²) in [6.07, 6.45) is 3.38. The van der Waals surface area contributed by atoms with Gasteiger partial charge >= 0.3 is 0 Å². The largest absolute Gasteiger partial charge is 0.484 e. The van der Waals surface area contributed by atoms with Crippen molar-refractivity contribution in [1.82, 2.24) is 15.3 Å². The molecule has 2 aromatic rings. The van der Waals surface area contributed by atoms with Crippen LogP contribution in [0.4, 0.5) is 0 Å². The third kappa shape index (κ3) is 3.84. The van der Waals surface area contributed by atoms with Gasteiger partial charge in [0.05, 0.1) is 6.04 Å². The normalized spacial score (nSPS) is 11.9. The van der Waals surface area contributed by atoms with E-state index in [1.165, 1.54) is 0 Å². The lowest BCUT2D eigenvalue weighted by Crippen LogP contribution is -2.31. The molecule has 1 amide bonds. The van der Waals surface area contributed by atoms with Crippen molar-refractivity contribution >= 4 is 5.91 Å². The third-order valence-electron chi connectivity index (χ3n) is 2.70. The number of H-pyrrole nitrogens is 1. The average Bonchev–Trinajstić information content (AvgIpc) is 2.92. The highest BCUT2D eigenvalue weighted by Gasteiger charge is 2.11. The van der Waals surface area contributed by atoms with E-state index in [0.717, 1.165) is 11.4 Å². The van der Waals surface area contributed by atoms with Crippen molar-refractivity contribution in [3.8, 4) is 5.75 Å². The lowest BCUT2D eigenvalue weighted by atomic mass is 10.2. The van der Waals surface area contributed by atoms with Crippen LogP contribution in [0.15, 0.2) is 36.7 Å². The molecule has 0 aliphatic heterocycles. The van der Waals surface area contributed by atoms with Crippen molar-refractivity contribution in [3.63, 3.8) is 0 Å². The number of aromatic nitrogens is 2. The minimum atomic E-state index is -0.176. The lowest BCUT2D eigenvalue weighted by Gasteiger charge is -2.12. The van der Waals surface area contributed by atoms with Crippen LogP contribution in [0.3, 0.4) is 0 Å². The molecule has 2 N–H and O–H groups in total. The Morgan fingerprint density at radius 3 is 2.79 bits per heavy atom. The molecule has 0 bridgehead atoms. The second-order valence-corrected chi connectivity index (χ2v) is 4.37. The van der Waals surface area contributed by atoms with Gasteiger partial charge in [-0.2, -0.15) is 0 Å². The van der Waals surface area contributed by atoms with Gasteiger partial charge in [-0.1, -0.05) is 17.7 Å². The summed E-state index contributed by atoms with van der Waals surface area (Å²) in [6.45, 7) is 3.86. The molecule has 2 rings (SSSR count). The summed E-state index contributed by atoms with van der Waals surface area (Å²) in [5.41, 5.74) is 1.16. The molecule has 0 radical (unpaired) electrons. The SMILES string of the molecule is Cc1ccc(OCC(=O)NC(C)c2ncc[nH]2)cc1. The first-order chi connectivity index (χ1) is 9.15. The van der Waals surface area contributed by atoms with Crippen molar-refractivity contribution in [3.05, 3.63) is 48.0 Å². The van der Waals surface area contributed by atoms with E-state index in [-0.39, 0.29) is 18.6 Å². The Morgan fingerprint density at radius 2 is 2.16 bits per heavy atom. The first-order valence-corrected chi connectivity index (χ1v) is 6.13. The van der Waals surface area contributed by atoms with Gasteiger partial charge in [0.2, 0.25) is 0 Å². The lowest BCUT2D eigenvalue weighted by molar-refractivity contribution is -0.123. The van der Waals surface area contributed by atoms with E-state index in [9.17, 15) is 4.79 Å². The highest BCUT2D eigenvalue weighted by molar-refractivity contribution is 5.77. The molecule has 0 saturated carbocycles. The zero-order valence-corrected chi connectivity index (χ0v) is 11.0. The molecule has 0 fully saturated rings. The summed E-state index contributed by atoms with van der Waals surface area (Å²) < 4.78 is 5.40. The fraction of sp³-hybridized carbons (Fsp3) is 0.286. The van der Waals surface area contributed by atoms with E-state index < -0.39 is 0 Å². The average molecular weight is 259 g/mol. The maximum Gasteiger partial charge on any atom is 0.258 e. The smallest absolute Gasteiger partial charge is 0.258 e. The summed E-state index contributed by atoms with van der Waals surface area (Å²) in [5.74, 6) is 1.24. The first-order valence-electron chi connectivity index (χ1n) is 6.13. The highest BCUT2D eigenvalue weighted by Crippen LogP contribution is 2.11. The summed E-state index contributed by atoms with van der Waals surface area (Å²) in [7, 11) is 0. The summed E-state index contributed by atoms with van der Waals surface area (Å²) in [6, 6.07) is 7.42. The van der Waals surface area contributed by atoms with Crippen LogP contribution in [-0.2, 0) is 4.79 Å². The Labute approximate surface area is 112 Å². The number of hydrogen-bond acceptors (Lipinski definition) is 3. The molecule has 1 aromatic carbocycles. The topological polar surface area (TPSA) is 67.0 Å². The Balaban J connectivity index is 1.80. The maximum atomic E-state index is 11.7. The maximum absolute atomic E-state index is 11.7. The number of carbonyl (C=O) groups is 1. The van der Waals surface area contributed by atoms with Crippen LogP contribution >= 0.6 is 0 Å². The summed E-state index contributed by atoms with van der Waals surface area (Å²) in [5, 5.41) is 2.81. The van der Waals surface area contributed by atoms with Crippen LogP contribution < -0.4 is 10.1 Å². The molecule has 19 heavy (non-hydrogen) atoms. The standard InChI is InChI=1S/C14H17N3O2/c1-10-3-5-12(6-4-10)19-9-13(18)17-11(2)14-15-7-8-16-14/h3-8,11H,9H2,1-2H3,(H,15,16)(H,17,18). The minimum absolute atomic E-state index is 0.00584. The van der Waals surface area contributed by atoms with Gasteiger partial charge in [0, 0.05) is 12.4 Å². The predicted molar refractivity (Wildman–Crippen MR) is 71.8 cm³/mol. The van der Waals surface area contributed by atoms with Gasteiger partial charge in [-0.15, -0.1) is 0 Å². The Morgan fingerprint density at radius 1 is 1.42 bits per heavy atom. The first kappa shape index (κ1) is 13.1. The van der Waals surface area contributed by atoms with Crippen LogP contribution in [-0.4, -0.2) is 22.5 Å². The van der Waals surface area contributed by atoms with E-state index in [1.54, 1.807) is 12.4 Å². The molecule has 1 atom stereocenters. The molecule has 1 heterocycles. The Hall–Kier alpha value is -2.30. The van der Waals surface area contributed by atoms with Crippen LogP contribution in [0.5, 0.6) is 5.75 Å². The zero-order chi connectivity index (χ0) is 13.7. The Kier molecular flexibility index (Phi) is 4.18. The van der Waals surface area contributed by atoms with Crippen LogP contribution in [0.2, 0.25) is 0 Å². The fourth-order valence-corrected chi connectivity index (χ4v) is 1.65. The molecular formula is C14H17N3O2. The molecule has 100 valence electrons. The predicted octanol–water partition coefficient (Wildman–Crippen LogP) is 1.97. The number of amides is 1. The van der Waals surface area contributed by atoms with Gasteiger partial charge in [-0.3, -0.25) is 4.79 Å². The van der Waals surface area contributed by atoms with E-state index in [0.29, 0.717) is 5.75 Å². The second-order valence-electron chi connectivity index (χ2n) is 4.37. The van der Waals surface area contributed by atoms with Crippen molar-refractivity contribution in [1.29, 1.82) is 0 Å². The highest BCUT2D eigenvalue weighted by atomic mass is 16.5. The molecule has 1 unspecified atom stereocenters. The van der Waals surface area contributed by atoms with Gasteiger partial charge in [-0.25, -0.2) is 4.98 Å². The number of benzene rings is 1. The van der Waals surface area contributed by atoms with Gasteiger partial charge in [0.25, 0.3) is 5.91 Å². The zero-order valence-electron chi connectivity index (χ0n) is 11.0. The second kappa shape index (κ2) is 6.04. The number of hydrogen-bond donors (Lipinski definition) is 2. The van der Waals surface area contributed by atoms with Crippen LogP contribution in [0.25, 0.3) is 0 Å². The number of imidazole rings is 1. The molecule has 0 aliphatic rings. The van der Waals surface area contributed by atoms with Gasteiger partial charge < -0.3 is 15.0 Å². The summed E-state index contributed by atoms with van der Waals surface area (Å²) in [4.78, 5) is 18.8. The third-order valence-corrected chi connectivity index (χ3v) is 2.70. The minimum Gasteiger partial charge on any atom is -0.484 e. The van der Waals surface area contributed by atoms with E-state index >= 15 is 0 Å². The summed E-state index contributed by atoms with van der Waals surface area (Å²) >= 11 is 0. The number of aryl methyl sites for hydroxylation is 1. The van der Waals surface area contributed by atoms with E-state index in [2.05, 4.69) is 15.3 Å². The van der Waals surface area contributed by atoms with E-state index in [4.69, 9.17) is 4.74 Å². The molecule has 1 aromatic heterocycles. The molecule has 0 spiro atoms. The number of nitrogens with one attached hydrogen (secondary N) is 2. The van der Waals surface area contributed by atoms with Crippen LogP contribution in [0.1, 0.15) is 24.4 Å². The fourth-order valence-electron chi connectivity index (χ4n) is 1.65. The van der Waals surface area contributed by atoms with Gasteiger partial charge in [-0.05, 0) is 26.0 Å². The molecular weight excluding hydrogens is 242 g/mol.